The van der Waals surface area contributed by atoms with Crippen molar-refractivity contribution in [1.29, 1.82) is 0 Å². The van der Waals surface area contributed by atoms with Crippen LogP contribution >= 0.6 is 11.3 Å². The number of rotatable bonds is 5. The Hall–Kier alpha value is -1.88. The number of urea groups is 1. The molecule has 34 heavy (non-hydrogen) atoms. The van der Waals surface area contributed by atoms with Gasteiger partial charge in [0, 0.05) is 35.8 Å². The number of fused-ring (bicyclic) bond motifs is 3. The van der Waals surface area contributed by atoms with E-state index in [1.807, 2.05) is 17.5 Å². The lowest BCUT2D eigenvalue weighted by Gasteiger charge is -2.50. The molecule has 2 aromatic rings. The van der Waals surface area contributed by atoms with Gasteiger partial charge in [-0.1, -0.05) is 25.3 Å². The summed E-state index contributed by atoms with van der Waals surface area (Å²) in [5.41, 5.74) is -1.62. The van der Waals surface area contributed by atoms with Gasteiger partial charge in [-0.3, -0.25) is 5.32 Å². The van der Waals surface area contributed by atoms with Crippen LogP contribution in [0.3, 0.4) is 0 Å². The quantitative estimate of drug-likeness (QED) is 0.419. The van der Waals surface area contributed by atoms with E-state index in [4.69, 9.17) is 4.74 Å². The topological polar surface area (TPSA) is 101 Å². The van der Waals surface area contributed by atoms with E-state index in [1.165, 1.54) is 11.3 Å². The van der Waals surface area contributed by atoms with E-state index in [2.05, 4.69) is 15.5 Å². The normalized spacial score (nSPS) is 28.4. The fourth-order valence-corrected chi connectivity index (χ4v) is 6.75. The predicted molar refractivity (Wildman–Crippen MR) is 123 cm³/mol. The van der Waals surface area contributed by atoms with E-state index in [-0.39, 0.29) is 45.4 Å². The standard InChI is InChI=1S/C24H30N4O4S.BrH/c29-22(24(31,20-8-5-15-33-20)18-6-2-1-3-7-18)32-19-16-28(13-10-17(19)11-14-28)23(30)26-21-9-4-12-25-27-21;/h4-5,8-9,12,15,17-19,31H,1-3,6-7,10-11,13-14,16H2;1H/t17?,19?,24-,28?;/m0./s1. The highest BCUT2D eigenvalue weighted by Gasteiger charge is 2.55. The average molecular weight is 552 g/mol. The molecule has 184 valence electrons. The number of thiophene rings is 1. The lowest BCUT2D eigenvalue weighted by Crippen LogP contribution is -3.00. The van der Waals surface area contributed by atoms with Gasteiger partial charge in [-0.05, 0) is 36.4 Å². The van der Waals surface area contributed by atoms with Crippen molar-refractivity contribution in [2.45, 2.75) is 56.7 Å². The van der Waals surface area contributed by atoms with Gasteiger partial charge < -0.3 is 26.8 Å². The predicted octanol–water partition coefficient (Wildman–Crippen LogP) is 0.694. The number of carbonyl (C=O) groups excluding carboxylic acids is 2. The van der Waals surface area contributed by atoms with Crippen molar-refractivity contribution in [3.8, 4) is 0 Å². The van der Waals surface area contributed by atoms with Gasteiger partial charge in [0.2, 0.25) is 0 Å². The van der Waals surface area contributed by atoms with Gasteiger partial charge in [0.1, 0.15) is 6.54 Å². The minimum absolute atomic E-state index is 0. The number of carbonyl (C=O) groups is 2. The number of nitrogens with one attached hydrogen (secondary N) is 1. The maximum Gasteiger partial charge on any atom is 0.422 e. The summed E-state index contributed by atoms with van der Waals surface area (Å²) in [5.74, 6) is -0.0533. The summed E-state index contributed by atoms with van der Waals surface area (Å²) >= 11 is 1.40. The van der Waals surface area contributed by atoms with E-state index in [9.17, 15) is 14.7 Å². The van der Waals surface area contributed by atoms with Crippen molar-refractivity contribution in [2.24, 2.45) is 11.8 Å². The Labute approximate surface area is 214 Å². The maximum atomic E-state index is 13.6. The minimum Gasteiger partial charge on any atom is -1.00 e. The highest BCUT2D eigenvalue weighted by Crippen LogP contribution is 2.44. The molecule has 3 saturated heterocycles. The van der Waals surface area contributed by atoms with E-state index in [1.54, 1.807) is 18.3 Å². The zero-order valence-corrected chi connectivity index (χ0v) is 21.5. The van der Waals surface area contributed by atoms with Gasteiger partial charge in [0.25, 0.3) is 0 Å². The number of esters is 1. The highest BCUT2D eigenvalue weighted by molar-refractivity contribution is 7.10. The Balaban J connectivity index is 0.00000274. The number of hydrogen-bond donors (Lipinski definition) is 2. The number of ether oxygens (including phenoxy) is 1. The Kier molecular flexibility index (Phi) is 7.71. The molecule has 2 amide bonds. The van der Waals surface area contributed by atoms with Crippen LogP contribution in [0.25, 0.3) is 0 Å². The Morgan fingerprint density at radius 1 is 1.12 bits per heavy atom. The number of piperidine rings is 3. The van der Waals surface area contributed by atoms with Gasteiger partial charge >= 0.3 is 12.0 Å². The van der Waals surface area contributed by atoms with Crippen molar-refractivity contribution in [3.05, 3.63) is 40.7 Å². The molecule has 4 fully saturated rings. The van der Waals surface area contributed by atoms with Crippen LogP contribution in [0.15, 0.2) is 35.8 Å². The smallest absolute Gasteiger partial charge is 0.422 e. The van der Waals surface area contributed by atoms with Crippen molar-refractivity contribution < 1.29 is 40.9 Å². The first kappa shape index (κ1) is 25.2. The second-order valence-electron chi connectivity index (χ2n) is 9.67. The number of nitrogens with zero attached hydrogens (tertiary/aromatic N) is 3. The third kappa shape index (κ3) is 4.65. The van der Waals surface area contributed by atoms with Gasteiger partial charge in [-0.15, -0.1) is 16.4 Å². The van der Waals surface area contributed by atoms with Crippen LogP contribution in [-0.4, -0.2) is 57.5 Å². The molecule has 5 heterocycles. The molecule has 1 saturated carbocycles. The third-order valence-corrected chi connectivity index (χ3v) is 8.81. The van der Waals surface area contributed by atoms with Crippen LogP contribution in [0, 0.1) is 11.8 Å². The minimum atomic E-state index is -1.62. The molecule has 2 atom stereocenters. The Morgan fingerprint density at radius 3 is 2.53 bits per heavy atom. The fraction of sp³-hybridized carbons (Fsp3) is 0.583. The van der Waals surface area contributed by atoms with Crippen LogP contribution in [0.4, 0.5) is 10.6 Å². The number of halogens is 1. The first-order valence-electron chi connectivity index (χ1n) is 11.9. The molecular formula is C24H31BrN4O4S. The Morgan fingerprint density at radius 2 is 1.88 bits per heavy atom. The van der Waals surface area contributed by atoms with E-state index in [0.29, 0.717) is 30.3 Å². The molecule has 8 nitrogen and oxygen atoms in total. The summed E-state index contributed by atoms with van der Waals surface area (Å²) in [6, 6.07) is 7.00. The maximum absolute atomic E-state index is 13.6. The summed E-state index contributed by atoms with van der Waals surface area (Å²) in [5, 5.41) is 24.3. The summed E-state index contributed by atoms with van der Waals surface area (Å²) in [7, 11) is 0. The molecule has 0 radical (unpaired) electrons. The molecular weight excluding hydrogens is 520 g/mol. The number of quaternary nitrogens is 1. The molecule has 2 N–H and O–H groups in total. The molecule has 3 aliphatic heterocycles. The van der Waals surface area contributed by atoms with Crippen LogP contribution in [-0.2, 0) is 15.1 Å². The second kappa shape index (κ2) is 10.4. The van der Waals surface area contributed by atoms with Crippen molar-refractivity contribution in [3.63, 3.8) is 0 Å². The first-order valence-corrected chi connectivity index (χ1v) is 12.8. The molecule has 0 aromatic carbocycles. The van der Waals surface area contributed by atoms with Gasteiger partial charge in [-0.2, -0.15) is 5.10 Å². The zero-order chi connectivity index (χ0) is 22.9. The van der Waals surface area contributed by atoms with Gasteiger partial charge in [-0.25, -0.2) is 14.1 Å². The summed E-state index contributed by atoms with van der Waals surface area (Å²) in [6.45, 7) is 1.85. The number of amides is 2. The molecule has 2 aromatic heterocycles. The van der Waals surface area contributed by atoms with Gasteiger partial charge in [0.15, 0.2) is 17.5 Å². The number of hydrogen-bond acceptors (Lipinski definition) is 7. The Bertz CT molecular complexity index is 978. The third-order valence-electron chi connectivity index (χ3n) is 7.81. The average Bonchev–Trinajstić information content (AvgIpc) is 3.41. The summed E-state index contributed by atoms with van der Waals surface area (Å²) < 4.78 is 6.30. The second-order valence-corrected chi connectivity index (χ2v) is 10.6. The van der Waals surface area contributed by atoms with Crippen LogP contribution in [0.1, 0.15) is 49.8 Å². The summed E-state index contributed by atoms with van der Waals surface area (Å²) in [4.78, 5) is 27.5. The van der Waals surface area contributed by atoms with E-state index >= 15 is 0 Å². The molecule has 0 spiro atoms. The molecule has 1 aliphatic carbocycles. The zero-order valence-electron chi connectivity index (χ0n) is 19.1. The highest BCUT2D eigenvalue weighted by atomic mass is 79.9. The molecule has 1 unspecified atom stereocenters. The van der Waals surface area contributed by atoms with Crippen molar-refractivity contribution >= 4 is 29.2 Å². The lowest BCUT2D eigenvalue weighted by atomic mass is 9.76. The molecule has 4 aliphatic rings. The number of aliphatic hydroxyl groups is 1. The fourth-order valence-electron chi connectivity index (χ4n) is 5.86. The number of anilines is 1. The van der Waals surface area contributed by atoms with Crippen LogP contribution in [0.5, 0.6) is 0 Å². The molecule has 10 heteroatoms. The van der Waals surface area contributed by atoms with Crippen LogP contribution in [0.2, 0.25) is 0 Å². The first-order chi connectivity index (χ1) is 16.0. The number of aromatic nitrogens is 2. The largest absolute Gasteiger partial charge is 1.00 e. The summed E-state index contributed by atoms with van der Waals surface area (Å²) in [6.07, 6.45) is 7.60. The van der Waals surface area contributed by atoms with E-state index < -0.39 is 11.6 Å². The van der Waals surface area contributed by atoms with E-state index in [0.717, 1.165) is 44.9 Å². The molecule has 6 rings (SSSR count). The monoisotopic (exact) mass is 550 g/mol. The van der Waals surface area contributed by atoms with Crippen LogP contribution < -0.4 is 22.3 Å². The lowest BCUT2D eigenvalue weighted by molar-refractivity contribution is -0.869. The van der Waals surface area contributed by atoms with Crippen molar-refractivity contribution in [2.75, 3.05) is 25.0 Å². The SMILES string of the molecule is O=C(OC1C[N+]2(C(=O)Nc3cccnn3)CCC1CC2)[C@@](O)(c1cccs1)C1CCCCC1.[Br-]. The van der Waals surface area contributed by atoms with Crippen molar-refractivity contribution in [1.82, 2.24) is 10.2 Å². The van der Waals surface area contributed by atoms with Gasteiger partial charge in [0.05, 0.1) is 13.1 Å². The molecule has 2 bridgehead atoms.